The fourth-order valence-electron chi connectivity index (χ4n) is 3.58. The first-order valence-electron chi connectivity index (χ1n) is 8.18. The van der Waals surface area contributed by atoms with Crippen LogP contribution in [0.3, 0.4) is 0 Å². The van der Waals surface area contributed by atoms with E-state index < -0.39 is 9.84 Å². The summed E-state index contributed by atoms with van der Waals surface area (Å²) in [5.41, 5.74) is 1.74. The molecule has 126 valence electrons. The maximum absolute atomic E-state index is 12.8. The van der Waals surface area contributed by atoms with E-state index in [0.717, 1.165) is 36.9 Å². The van der Waals surface area contributed by atoms with Gasteiger partial charge in [-0.25, -0.2) is 8.42 Å². The quantitative estimate of drug-likeness (QED) is 0.887. The first-order chi connectivity index (χ1) is 10.9. The number of amides is 1. The minimum Gasteiger partial charge on any atom is -0.335 e. The Morgan fingerprint density at radius 2 is 2.09 bits per heavy atom. The van der Waals surface area contributed by atoms with Crippen LogP contribution in [0.25, 0.3) is 0 Å². The van der Waals surface area contributed by atoms with Crippen LogP contribution in [0.15, 0.2) is 10.9 Å². The third-order valence-electron chi connectivity index (χ3n) is 4.82. The van der Waals surface area contributed by atoms with E-state index in [4.69, 9.17) is 0 Å². The number of aryl methyl sites for hydroxylation is 2. The Labute approximate surface area is 135 Å². The number of nitrogens with zero attached hydrogens (tertiary/aromatic N) is 1. The lowest BCUT2D eigenvalue weighted by Gasteiger charge is -2.27. The van der Waals surface area contributed by atoms with Crippen molar-refractivity contribution in [3.05, 3.63) is 33.2 Å². The van der Waals surface area contributed by atoms with Gasteiger partial charge in [0.05, 0.1) is 11.5 Å². The number of hydrogen-bond acceptors (Lipinski definition) is 4. The van der Waals surface area contributed by atoms with Gasteiger partial charge in [-0.15, -0.1) is 0 Å². The zero-order valence-corrected chi connectivity index (χ0v) is 14.1. The molecule has 2 heterocycles. The number of H-pyrrole nitrogens is 1. The molecule has 1 aliphatic carbocycles. The first kappa shape index (κ1) is 16.2. The standard InChI is InChI=1S/C16H22N2O4S/c1-2-18(12-7-8-23(21,22)10-12)16(20)13-9-11-5-3-4-6-14(11)17-15(13)19/h9,12H,2-8,10H2,1H3,(H,17,19)/t12-/m0/s1. The highest BCUT2D eigenvalue weighted by Crippen LogP contribution is 2.22. The Morgan fingerprint density at radius 1 is 1.35 bits per heavy atom. The maximum Gasteiger partial charge on any atom is 0.261 e. The van der Waals surface area contributed by atoms with Gasteiger partial charge >= 0.3 is 0 Å². The van der Waals surface area contributed by atoms with Crippen molar-refractivity contribution >= 4 is 15.7 Å². The third-order valence-corrected chi connectivity index (χ3v) is 6.57. The van der Waals surface area contributed by atoms with Crippen molar-refractivity contribution in [1.29, 1.82) is 0 Å². The van der Waals surface area contributed by atoms with Crippen LogP contribution in [0.2, 0.25) is 0 Å². The largest absolute Gasteiger partial charge is 0.335 e. The molecule has 3 rings (SSSR count). The molecule has 1 aromatic heterocycles. The summed E-state index contributed by atoms with van der Waals surface area (Å²) in [5.74, 6) is -0.249. The van der Waals surface area contributed by atoms with Gasteiger partial charge in [-0.1, -0.05) is 0 Å². The van der Waals surface area contributed by atoms with Crippen molar-refractivity contribution in [1.82, 2.24) is 9.88 Å². The number of carbonyl (C=O) groups excluding carboxylic acids is 1. The molecule has 7 heteroatoms. The number of carbonyl (C=O) groups is 1. The normalized spacial score (nSPS) is 22.6. The van der Waals surface area contributed by atoms with Crippen molar-refractivity contribution < 1.29 is 13.2 Å². The molecule has 6 nitrogen and oxygen atoms in total. The van der Waals surface area contributed by atoms with Crippen molar-refractivity contribution in [2.24, 2.45) is 0 Å². The molecule has 1 atom stereocenters. The summed E-state index contributed by atoms with van der Waals surface area (Å²) in [6.07, 6.45) is 4.28. The Bertz CT molecular complexity index is 782. The zero-order valence-electron chi connectivity index (χ0n) is 13.3. The van der Waals surface area contributed by atoms with Gasteiger partial charge in [0.2, 0.25) is 0 Å². The van der Waals surface area contributed by atoms with E-state index in [1.165, 1.54) is 4.90 Å². The fraction of sp³-hybridized carbons (Fsp3) is 0.625. The van der Waals surface area contributed by atoms with E-state index in [1.807, 2.05) is 6.92 Å². The lowest BCUT2D eigenvalue weighted by atomic mass is 9.94. The molecule has 2 aliphatic rings. The molecule has 1 saturated heterocycles. The topological polar surface area (TPSA) is 87.3 Å². The predicted molar refractivity (Wildman–Crippen MR) is 87.5 cm³/mol. The van der Waals surface area contributed by atoms with E-state index in [9.17, 15) is 18.0 Å². The van der Waals surface area contributed by atoms with Crippen LogP contribution >= 0.6 is 0 Å². The van der Waals surface area contributed by atoms with Gasteiger partial charge in [0.25, 0.3) is 11.5 Å². The van der Waals surface area contributed by atoms with Crippen molar-refractivity contribution in [3.63, 3.8) is 0 Å². The number of fused-ring (bicyclic) bond motifs is 1. The Balaban J connectivity index is 1.91. The summed E-state index contributed by atoms with van der Waals surface area (Å²) in [7, 11) is -3.07. The maximum atomic E-state index is 12.8. The van der Waals surface area contributed by atoms with Gasteiger partial charge in [0, 0.05) is 18.3 Å². The third kappa shape index (κ3) is 3.20. The summed E-state index contributed by atoms with van der Waals surface area (Å²) >= 11 is 0. The molecule has 0 bridgehead atoms. The number of sulfone groups is 1. The van der Waals surface area contributed by atoms with Crippen LogP contribution in [-0.4, -0.2) is 48.3 Å². The molecule has 0 radical (unpaired) electrons. The number of pyridine rings is 1. The molecular weight excluding hydrogens is 316 g/mol. The number of aromatic nitrogens is 1. The van der Waals surface area contributed by atoms with Crippen molar-refractivity contribution in [2.75, 3.05) is 18.1 Å². The monoisotopic (exact) mass is 338 g/mol. The number of aromatic amines is 1. The van der Waals surface area contributed by atoms with Gasteiger partial charge in [-0.05, 0) is 50.7 Å². The summed E-state index contributed by atoms with van der Waals surface area (Å²) in [4.78, 5) is 29.4. The minimum atomic E-state index is -3.07. The van der Waals surface area contributed by atoms with Gasteiger partial charge in [-0.3, -0.25) is 9.59 Å². The molecule has 1 aliphatic heterocycles. The smallest absolute Gasteiger partial charge is 0.261 e. The highest BCUT2D eigenvalue weighted by molar-refractivity contribution is 7.91. The summed E-state index contributed by atoms with van der Waals surface area (Å²) in [5, 5.41) is 0. The number of hydrogen-bond donors (Lipinski definition) is 1. The van der Waals surface area contributed by atoms with E-state index in [0.29, 0.717) is 13.0 Å². The highest BCUT2D eigenvalue weighted by Gasteiger charge is 2.35. The number of nitrogens with one attached hydrogen (secondary N) is 1. The molecular formula is C16H22N2O4S. The molecule has 1 amide bonds. The van der Waals surface area contributed by atoms with E-state index in [-0.39, 0.29) is 34.6 Å². The van der Waals surface area contributed by atoms with Gasteiger partial charge < -0.3 is 9.88 Å². The molecule has 1 fully saturated rings. The zero-order chi connectivity index (χ0) is 16.6. The highest BCUT2D eigenvalue weighted by atomic mass is 32.2. The predicted octanol–water partition coefficient (Wildman–Crippen LogP) is 0.903. The van der Waals surface area contributed by atoms with E-state index in [2.05, 4.69) is 4.98 Å². The van der Waals surface area contributed by atoms with Crippen LogP contribution in [0.1, 0.15) is 47.8 Å². The Hall–Kier alpha value is -1.63. The SMILES string of the molecule is CCN(C(=O)c1cc2c([nH]c1=O)CCCC2)[C@H]1CCS(=O)(=O)C1. The van der Waals surface area contributed by atoms with Crippen LogP contribution in [0.5, 0.6) is 0 Å². The Kier molecular flexibility index (Phi) is 4.31. The second-order valence-electron chi connectivity index (χ2n) is 6.37. The van der Waals surface area contributed by atoms with E-state index >= 15 is 0 Å². The number of rotatable bonds is 3. The lowest BCUT2D eigenvalue weighted by Crippen LogP contribution is -2.43. The van der Waals surface area contributed by atoms with Crippen LogP contribution in [-0.2, 0) is 22.7 Å². The minimum absolute atomic E-state index is 0.00454. The van der Waals surface area contributed by atoms with Crippen molar-refractivity contribution in [3.8, 4) is 0 Å². The molecule has 0 aromatic carbocycles. The van der Waals surface area contributed by atoms with Gasteiger partial charge in [-0.2, -0.15) is 0 Å². The second-order valence-corrected chi connectivity index (χ2v) is 8.60. The van der Waals surface area contributed by atoms with Crippen LogP contribution in [0.4, 0.5) is 0 Å². The summed E-state index contributed by atoms with van der Waals surface area (Å²) in [6, 6.07) is 1.38. The Morgan fingerprint density at radius 3 is 2.74 bits per heavy atom. The van der Waals surface area contributed by atoms with Gasteiger partial charge in [0.1, 0.15) is 5.56 Å². The molecule has 0 saturated carbocycles. The molecule has 0 unspecified atom stereocenters. The average molecular weight is 338 g/mol. The fourth-order valence-corrected chi connectivity index (χ4v) is 5.31. The first-order valence-corrected chi connectivity index (χ1v) is 10.00. The van der Waals surface area contributed by atoms with Gasteiger partial charge in [0.15, 0.2) is 9.84 Å². The van der Waals surface area contributed by atoms with Crippen LogP contribution in [0, 0.1) is 0 Å². The molecule has 1 aromatic rings. The molecule has 0 spiro atoms. The van der Waals surface area contributed by atoms with E-state index in [1.54, 1.807) is 6.07 Å². The van der Waals surface area contributed by atoms with Crippen LogP contribution < -0.4 is 5.56 Å². The summed E-state index contributed by atoms with van der Waals surface area (Å²) < 4.78 is 23.3. The lowest BCUT2D eigenvalue weighted by molar-refractivity contribution is 0.0706. The molecule has 23 heavy (non-hydrogen) atoms. The molecule has 1 N–H and O–H groups in total. The second kappa shape index (κ2) is 6.11. The van der Waals surface area contributed by atoms with Crippen molar-refractivity contribution in [2.45, 2.75) is 45.1 Å². The summed E-state index contributed by atoms with van der Waals surface area (Å²) in [6.45, 7) is 2.21. The average Bonchev–Trinajstić information content (AvgIpc) is 2.87.